The number of fused-ring (bicyclic) bond motifs is 1. The third-order valence-corrected chi connectivity index (χ3v) is 6.66. The Bertz CT molecular complexity index is 1440. The second-order valence-corrected chi connectivity index (χ2v) is 9.64. The molecule has 9 heteroatoms. The fourth-order valence-electron chi connectivity index (χ4n) is 3.20. The number of primary sulfonamides is 1. The number of carbonyl (C=O) groups is 1. The summed E-state index contributed by atoms with van der Waals surface area (Å²) < 4.78 is 31.7. The third-order valence-electron chi connectivity index (χ3n) is 4.71. The molecule has 4 rings (SSSR count). The lowest BCUT2D eigenvalue weighted by atomic mass is 10.2. The molecule has 0 atom stereocenters. The van der Waals surface area contributed by atoms with Crippen molar-refractivity contribution >= 4 is 37.5 Å². The summed E-state index contributed by atoms with van der Waals surface area (Å²) in [6.07, 6.45) is 0.829. The normalized spacial score (nSPS) is 12.2. The van der Waals surface area contributed by atoms with E-state index in [-0.39, 0.29) is 10.8 Å². The molecule has 0 saturated carbocycles. The van der Waals surface area contributed by atoms with Crippen molar-refractivity contribution < 1.29 is 17.9 Å². The zero-order valence-corrected chi connectivity index (χ0v) is 18.9. The minimum absolute atomic E-state index is 0.0294. The molecule has 0 bridgehead atoms. The molecule has 0 spiro atoms. The molecule has 0 unspecified atom stereocenters. The van der Waals surface area contributed by atoms with Crippen LogP contribution < -0.4 is 14.7 Å². The van der Waals surface area contributed by atoms with Crippen LogP contribution in [0.25, 0.3) is 10.2 Å². The molecule has 2 N–H and O–H groups in total. The predicted molar refractivity (Wildman–Crippen MR) is 124 cm³/mol. The number of nitrogens with two attached hydrogens (primary N) is 1. The largest absolute Gasteiger partial charge is 0.457 e. The second-order valence-electron chi connectivity index (χ2n) is 7.07. The molecule has 3 aromatic carbocycles. The Morgan fingerprint density at radius 3 is 2.38 bits per heavy atom. The van der Waals surface area contributed by atoms with Crippen molar-refractivity contribution in [3.63, 3.8) is 0 Å². The van der Waals surface area contributed by atoms with Gasteiger partial charge in [0.1, 0.15) is 11.5 Å². The van der Waals surface area contributed by atoms with Crippen molar-refractivity contribution in [2.75, 3.05) is 0 Å². The summed E-state index contributed by atoms with van der Waals surface area (Å²) in [6, 6.07) is 20.8. The highest BCUT2D eigenvalue weighted by molar-refractivity contribution is 7.89. The first-order valence-corrected chi connectivity index (χ1v) is 12.3. The number of aryl methyl sites for hydroxylation is 1. The van der Waals surface area contributed by atoms with Crippen LogP contribution in [0.4, 0.5) is 0 Å². The average Bonchev–Trinajstić information content (AvgIpc) is 3.11. The molecule has 4 aromatic rings. The predicted octanol–water partition coefficient (Wildman–Crippen LogP) is 4.29. The fourth-order valence-corrected chi connectivity index (χ4v) is 4.91. The maximum absolute atomic E-state index is 12.8. The highest BCUT2D eigenvalue weighted by Gasteiger charge is 2.13. The van der Waals surface area contributed by atoms with Gasteiger partial charge in [-0.1, -0.05) is 36.5 Å². The fraction of sp³-hybridized carbons (Fsp3) is 0.130. The molecule has 164 valence electrons. The number of amides is 1. The lowest BCUT2D eigenvalue weighted by Gasteiger charge is -2.05. The van der Waals surface area contributed by atoms with Crippen LogP contribution in [0.5, 0.6) is 11.5 Å². The van der Waals surface area contributed by atoms with Crippen molar-refractivity contribution in [3.8, 4) is 11.5 Å². The van der Waals surface area contributed by atoms with Crippen LogP contribution in [0.3, 0.4) is 0 Å². The number of hydrogen-bond donors (Lipinski definition) is 1. The van der Waals surface area contributed by atoms with Gasteiger partial charge in [0, 0.05) is 12.1 Å². The first kappa shape index (κ1) is 21.9. The van der Waals surface area contributed by atoms with E-state index >= 15 is 0 Å². The summed E-state index contributed by atoms with van der Waals surface area (Å²) in [4.78, 5) is 17.7. The average molecular weight is 468 g/mol. The molecule has 0 fully saturated rings. The Morgan fingerprint density at radius 1 is 1.03 bits per heavy atom. The van der Waals surface area contributed by atoms with Gasteiger partial charge in [0.25, 0.3) is 5.91 Å². The van der Waals surface area contributed by atoms with Crippen molar-refractivity contribution in [3.05, 3.63) is 83.2 Å². The van der Waals surface area contributed by atoms with E-state index in [2.05, 4.69) is 4.99 Å². The number of nitrogens with zero attached hydrogens (tertiary/aromatic N) is 2. The van der Waals surface area contributed by atoms with Gasteiger partial charge in [0.2, 0.25) is 10.0 Å². The summed E-state index contributed by atoms with van der Waals surface area (Å²) in [5.41, 5.74) is 1.23. The van der Waals surface area contributed by atoms with Crippen LogP contribution in [-0.4, -0.2) is 18.9 Å². The van der Waals surface area contributed by atoms with Crippen LogP contribution in [0.15, 0.2) is 82.7 Å². The van der Waals surface area contributed by atoms with E-state index in [1.807, 2.05) is 41.8 Å². The van der Waals surface area contributed by atoms with E-state index < -0.39 is 10.0 Å². The summed E-state index contributed by atoms with van der Waals surface area (Å²) in [5, 5.41) is 5.25. The van der Waals surface area contributed by atoms with Gasteiger partial charge in [-0.25, -0.2) is 13.6 Å². The molecule has 0 saturated heterocycles. The third kappa shape index (κ3) is 4.80. The molecule has 7 nitrogen and oxygen atoms in total. The maximum Gasteiger partial charge on any atom is 0.279 e. The number of sulfonamides is 1. The second kappa shape index (κ2) is 9.07. The minimum atomic E-state index is -3.81. The summed E-state index contributed by atoms with van der Waals surface area (Å²) >= 11 is 1.25. The molecule has 32 heavy (non-hydrogen) atoms. The molecule has 0 aliphatic rings. The Labute approximate surface area is 189 Å². The van der Waals surface area contributed by atoms with Crippen LogP contribution in [0.2, 0.25) is 0 Å². The molecule has 0 aliphatic carbocycles. The Balaban J connectivity index is 1.66. The van der Waals surface area contributed by atoms with Gasteiger partial charge in [-0.2, -0.15) is 4.99 Å². The number of carbonyl (C=O) groups excluding carboxylic acids is 1. The van der Waals surface area contributed by atoms with Gasteiger partial charge in [0.15, 0.2) is 4.80 Å². The molecule has 0 aliphatic heterocycles. The molecule has 0 radical (unpaired) electrons. The highest BCUT2D eigenvalue weighted by atomic mass is 32.2. The van der Waals surface area contributed by atoms with Gasteiger partial charge in [-0.05, 0) is 61.0 Å². The quantitative estimate of drug-likeness (QED) is 0.457. The van der Waals surface area contributed by atoms with Crippen molar-refractivity contribution in [1.82, 2.24) is 4.57 Å². The van der Waals surface area contributed by atoms with E-state index in [0.717, 1.165) is 11.9 Å². The van der Waals surface area contributed by atoms with Gasteiger partial charge < -0.3 is 9.30 Å². The summed E-state index contributed by atoms with van der Waals surface area (Å²) in [6.45, 7) is 2.66. The number of benzene rings is 3. The lowest BCUT2D eigenvalue weighted by molar-refractivity contribution is 0.0998. The monoisotopic (exact) mass is 467 g/mol. The van der Waals surface area contributed by atoms with E-state index in [9.17, 15) is 13.2 Å². The number of ether oxygens (including phenoxy) is 1. The number of aromatic nitrogens is 1. The van der Waals surface area contributed by atoms with Gasteiger partial charge >= 0.3 is 0 Å². The Hall–Kier alpha value is -3.27. The lowest BCUT2D eigenvalue weighted by Crippen LogP contribution is -2.17. The summed E-state index contributed by atoms with van der Waals surface area (Å²) in [7, 11) is -3.81. The van der Waals surface area contributed by atoms with Crippen molar-refractivity contribution in [1.29, 1.82) is 0 Å². The van der Waals surface area contributed by atoms with Crippen LogP contribution in [0.1, 0.15) is 23.7 Å². The van der Waals surface area contributed by atoms with E-state index in [4.69, 9.17) is 9.88 Å². The first-order chi connectivity index (χ1) is 15.3. The Kier molecular flexibility index (Phi) is 6.22. The Morgan fingerprint density at radius 2 is 1.72 bits per heavy atom. The zero-order chi connectivity index (χ0) is 22.7. The van der Waals surface area contributed by atoms with Crippen LogP contribution in [0, 0.1) is 0 Å². The molecular weight excluding hydrogens is 446 g/mol. The van der Waals surface area contributed by atoms with Crippen molar-refractivity contribution in [2.45, 2.75) is 24.8 Å². The van der Waals surface area contributed by atoms with E-state index in [1.54, 1.807) is 30.3 Å². The van der Waals surface area contributed by atoms with Crippen LogP contribution >= 0.6 is 11.3 Å². The van der Waals surface area contributed by atoms with E-state index in [0.29, 0.717) is 33.1 Å². The zero-order valence-electron chi connectivity index (χ0n) is 17.3. The standard InChI is InChI=1S/C23H21N3O4S2/c1-2-14-26-20-13-12-19(32(24,28)29)15-21(20)31-23(26)25-22(27)16-8-10-18(11-9-16)30-17-6-4-3-5-7-17/h3-13,15H,2,14H2,1H3,(H2,24,28,29). The molecule has 1 aromatic heterocycles. The van der Waals surface area contributed by atoms with Crippen molar-refractivity contribution in [2.24, 2.45) is 10.1 Å². The van der Waals surface area contributed by atoms with Gasteiger partial charge in [-0.15, -0.1) is 0 Å². The topological polar surface area (TPSA) is 104 Å². The van der Waals surface area contributed by atoms with Gasteiger partial charge in [0.05, 0.1) is 15.1 Å². The molecule has 1 amide bonds. The number of rotatable bonds is 6. The minimum Gasteiger partial charge on any atom is -0.457 e. The maximum atomic E-state index is 12.8. The molecular formula is C23H21N3O4S2. The smallest absolute Gasteiger partial charge is 0.279 e. The SMILES string of the molecule is CCCn1c(=NC(=O)c2ccc(Oc3ccccc3)cc2)sc2cc(S(N)(=O)=O)ccc21. The van der Waals surface area contributed by atoms with Crippen LogP contribution in [-0.2, 0) is 16.6 Å². The van der Waals surface area contributed by atoms with Gasteiger partial charge in [-0.3, -0.25) is 4.79 Å². The molecule has 1 heterocycles. The number of para-hydroxylation sites is 1. The number of thiazole rings is 1. The summed E-state index contributed by atoms with van der Waals surface area (Å²) in [5.74, 6) is 0.937. The number of hydrogen-bond acceptors (Lipinski definition) is 5. The first-order valence-electron chi connectivity index (χ1n) is 9.93. The van der Waals surface area contributed by atoms with E-state index in [1.165, 1.54) is 23.5 Å². The highest BCUT2D eigenvalue weighted by Crippen LogP contribution is 2.23.